The normalized spacial score (nSPS) is 22.7. The van der Waals surface area contributed by atoms with E-state index >= 15 is 0 Å². The van der Waals surface area contributed by atoms with Gasteiger partial charge in [-0.25, -0.2) is 4.98 Å². The van der Waals surface area contributed by atoms with Gasteiger partial charge in [-0.3, -0.25) is 0 Å². The van der Waals surface area contributed by atoms with E-state index in [0.29, 0.717) is 23.7 Å². The first-order valence-corrected chi connectivity index (χ1v) is 6.83. The number of nitrogens with zero attached hydrogens (tertiary/aromatic N) is 3. The number of hydrogen-bond acceptors (Lipinski definition) is 6. The van der Waals surface area contributed by atoms with Crippen LogP contribution in [0, 0.1) is 0 Å². The molecule has 0 saturated carbocycles. The molecule has 0 unspecified atom stereocenters. The van der Waals surface area contributed by atoms with Crippen molar-refractivity contribution in [3.8, 4) is 17.3 Å². The molecule has 2 aromatic rings. The zero-order valence-corrected chi connectivity index (χ0v) is 11.7. The SMILES string of the molecule is COc1ccc(-c2noc([C@H]3CCN[C@@H](C)C3)n2)cn1. The summed E-state index contributed by atoms with van der Waals surface area (Å²) in [5.74, 6) is 2.23. The number of rotatable bonds is 3. The van der Waals surface area contributed by atoms with Crippen molar-refractivity contribution in [2.24, 2.45) is 0 Å². The molecular formula is C14H18N4O2. The summed E-state index contributed by atoms with van der Waals surface area (Å²) in [7, 11) is 1.59. The summed E-state index contributed by atoms with van der Waals surface area (Å²) in [6.07, 6.45) is 3.76. The van der Waals surface area contributed by atoms with E-state index in [9.17, 15) is 0 Å². The summed E-state index contributed by atoms with van der Waals surface area (Å²) in [6, 6.07) is 4.16. The Kier molecular flexibility index (Phi) is 3.64. The summed E-state index contributed by atoms with van der Waals surface area (Å²) in [5, 5.41) is 7.47. The molecule has 3 rings (SSSR count). The number of piperidine rings is 1. The van der Waals surface area contributed by atoms with Crippen LogP contribution < -0.4 is 10.1 Å². The minimum absolute atomic E-state index is 0.346. The maximum Gasteiger partial charge on any atom is 0.230 e. The molecule has 106 valence electrons. The van der Waals surface area contributed by atoms with Gasteiger partial charge in [0.25, 0.3) is 0 Å². The molecule has 20 heavy (non-hydrogen) atoms. The van der Waals surface area contributed by atoms with E-state index in [-0.39, 0.29) is 0 Å². The highest BCUT2D eigenvalue weighted by Gasteiger charge is 2.25. The molecule has 0 bridgehead atoms. The first-order valence-electron chi connectivity index (χ1n) is 6.83. The molecule has 6 nitrogen and oxygen atoms in total. The van der Waals surface area contributed by atoms with Gasteiger partial charge in [0.15, 0.2) is 0 Å². The van der Waals surface area contributed by atoms with Gasteiger partial charge in [0.1, 0.15) is 0 Å². The van der Waals surface area contributed by atoms with Gasteiger partial charge in [-0.2, -0.15) is 4.98 Å². The van der Waals surface area contributed by atoms with Crippen LogP contribution in [0.2, 0.25) is 0 Å². The molecule has 2 atom stereocenters. The molecule has 1 fully saturated rings. The first-order chi connectivity index (χ1) is 9.76. The van der Waals surface area contributed by atoms with Gasteiger partial charge in [0, 0.05) is 29.8 Å². The molecule has 0 aliphatic carbocycles. The Hall–Kier alpha value is -1.95. The largest absolute Gasteiger partial charge is 0.481 e. The summed E-state index contributed by atoms with van der Waals surface area (Å²) in [5.41, 5.74) is 0.836. The monoisotopic (exact) mass is 274 g/mol. The lowest BCUT2D eigenvalue weighted by atomic mass is 9.93. The smallest absolute Gasteiger partial charge is 0.230 e. The van der Waals surface area contributed by atoms with Crippen LogP contribution in [-0.4, -0.2) is 34.8 Å². The summed E-state index contributed by atoms with van der Waals surface area (Å²) in [4.78, 5) is 8.66. The van der Waals surface area contributed by atoms with Crippen LogP contribution >= 0.6 is 0 Å². The van der Waals surface area contributed by atoms with Crippen LogP contribution in [0.25, 0.3) is 11.4 Å². The Labute approximate surface area is 117 Å². The highest BCUT2D eigenvalue weighted by Crippen LogP contribution is 2.28. The predicted octanol–water partition coefficient (Wildman–Crippen LogP) is 2.00. The fraction of sp³-hybridized carbons (Fsp3) is 0.500. The van der Waals surface area contributed by atoms with Crippen molar-refractivity contribution < 1.29 is 9.26 Å². The Morgan fingerprint density at radius 1 is 1.40 bits per heavy atom. The molecule has 0 radical (unpaired) electrons. The second-order valence-electron chi connectivity index (χ2n) is 5.12. The van der Waals surface area contributed by atoms with Gasteiger partial charge in [-0.15, -0.1) is 0 Å². The van der Waals surface area contributed by atoms with Crippen molar-refractivity contribution in [3.05, 3.63) is 24.2 Å². The average molecular weight is 274 g/mol. The van der Waals surface area contributed by atoms with Crippen LogP contribution in [-0.2, 0) is 0 Å². The van der Waals surface area contributed by atoms with Gasteiger partial charge in [0.2, 0.25) is 17.6 Å². The van der Waals surface area contributed by atoms with Crippen molar-refractivity contribution in [2.75, 3.05) is 13.7 Å². The lowest BCUT2D eigenvalue weighted by molar-refractivity contribution is 0.295. The van der Waals surface area contributed by atoms with Gasteiger partial charge < -0.3 is 14.6 Å². The summed E-state index contributed by atoms with van der Waals surface area (Å²) < 4.78 is 10.5. The van der Waals surface area contributed by atoms with Crippen LogP contribution in [0.3, 0.4) is 0 Å². The maximum absolute atomic E-state index is 5.42. The zero-order chi connectivity index (χ0) is 13.9. The Morgan fingerprint density at radius 3 is 3.00 bits per heavy atom. The van der Waals surface area contributed by atoms with Crippen LogP contribution in [0.5, 0.6) is 5.88 Å². The highest BCUT2D eigenvalue weighted by atomic mass is 16.5. The van der Waals surface area contributed by atoms with E-state index < -0.39 is 0 Å². The van der Waals surface area contributed by atoms with Gasteiger partial charge >= 0.3 is 0 Å². The Balaban J connectivity index is 1.78. The summed E-state index contributed by atoms with van der Waals surface area (Å²) in [6.45, 7) is 3.17. The molecule has 1 aliphatic heterocycles. The van der Waals surface area contributed by atoms with Gasteiger partial charge in [-0.1, -0.05) is 5.16 Å². The van der Waals surface area contributed by atoms with Crippen molar-refractivity contribution >= 4 is 0 Å². The minimum Gasteiger partial charge on any atom is -0.481 e. The lowest BCUT2D eigenvalue weighted by Crippen LogP contribution is -2.34. The first kappa shape index (κ1) is 13.1. The van der Waals surface area contributed by atoms with E-state index in [1.165, 1.54) is 0 Å². The molecule has 0 aromatic carbocycles. The third-order valence-corrected chi connectivity index (χ3v) is 3.62. The molecule has 6 heteroatoms. The second-order valence-corrected chi connectivity index (χ2v) is 5.12. The number of aromatic nitrogens is 3. The van der Waals surface area contributed by atoms with Crippen LogP contribution in [0.15, 0.2) is 22.9 Å². The molecule has 0 spiro atoms. The minimum atomic E-state index is 0.346. The number of hydrogen-bond donors (Lipinski definition) is 1. The lowest BCUT2D eigenvalue weighted by Gasteiger charge is -2.25. The molecule has 2 aromatic heterocycles. The molecule has 3 heterocycles. The Bertz CT molecular complexity index is 567. The number of ether oxygens (including phenoxy) is 1. The number of nitrogens with one attached hydrogen (secondary N) is 1. The van der Waals surface area contributed by atoms with Crippen LogP contribution in [0.1, 0.15) is 31.6 Å². The van der Waals surface area contributed by atoms with Crippen molar-refractivity contribution in [2.45, 2.75) is 31.7 Å². The standard InChI is InChI=1S/C14H18N4O2/c1-9-7-10(5-6-15-9)14-17-13(18-20-14)11-3-4-12(19-2)16-8-11/h3-4,8-10,15H,5-7H2,1-2H3/t9-,10-/m0/s1. The molecule has 1 saturated heterocycles. The maximum atomic E-state index is 5.42. The Morgan fingerprint density at radius 2 is 2.30 bits per heavy atom. The van der Waals surface area contributed by atoms with Crippen molar-refractivity contribution in [1.82, 2.24) is 20.4 Å². The number of methoxy groups -OCH3 is 1. The molecule has 1 N–H and O–H groups in total. The van der Waals surface area contributed by atoms with E-state index in [1.54, 1.807) is 19.4 Å². The van der Waals surface area contributed by atoms with E-state index in [2.05, 4.69) is 27.4 Å². The van der Waals surface area contributed by atoms with E-state index in [4.69, 9.17) is 9.26 Å². The van der Waals surface area contributed by atoms with Gasteiger partial charge in [0.05, 0.1) is 7.11 Å². The molecule has 1 aliphatic rings. The number of pyridine rings is 1. The van der Waals surface area contributed by atoms with Crippen LogP contribution in [0.4, 0.5) is 0 Å². The topological polar surface area (TPSA) is 73.1 Å². The molecular weight excluding hydrogens is 256 g/mol. The fourth-order valence-corrected chi connectivity index (χ4v) is 2.51. The van der Waals surface area contributed by atoms with Crippen molar-refractivity contribution in [3.63, 3.8) is 0 Å². The van der Waals surface area contributed by atoms with E-state index in [1.807, 2.05) is 6.07 Å². The fourth-order valence-electron chi connectivity index (χ4n) is 2.51. The predicted molar refractivity (Wildman–Crippen MR) is 73.5 cm³/mol. The zero-order valence-electron chi connectivity index (χ0n) is 11.7. The van der Waals surface area contributed by atoms with Crippen molar-refractivity contribution in [1.29, 1.82) is 0 Å². The average Bonchev–Trinajstić information content (AvgIpc) is 2.97. The third-order valence-electron chi connectivity index (χ3n) is 3.62. The quantitative estimate of drug-likeness (QED) is 0.922. The van der Waals surface area contributed by atoms with E-state index in [0.717, 1.165) is 30.8 Å². The summed E-state index contributed by atoms with van der Waals surface area (Å²) >= 11 is 0. The highest BCUT2D eigenvalue weighted by molar-refractivity contribution is 5.53. The third kappa shape index (κ3) is 2.65. The van der Waals surface area contributed by atoms with Gasteiger partial charge in [-0.05, 0) is 32.4 Å². The molecule has 0 amide bonds. The second kappa shape index (κ2) is 5.58.